The van der Waals surface area contributed by atoms with E-state index in [9.17, 15) is 0 Å². The maximum Gasteiger partial charge on any atom is 0.208 e. The first kappa shape index (κ1) is 59.2. The van der Waals surface area contributed by atoms with E-state index in [2.05, 4.69) is 107 Å². The zero-order chi connectivity index (χ0) is 62.6. The Hall–Kier alpha value is -12.8. The molecule has 0 aliphatic heterocycles. The molecule has 9 aromatic carbocycles. The van der Waals surface area contributed by atoms with Crippen LogP contribution in [-0.2, 0) is 39.6 Å². The maximum absolute atomic E-state index is 5.98. The van der Waals surface area contributed by atoms with Crippen LogP contribution in [0.1, 0.15) is 33.8 Å². The number of benzene rings is 9. The van der Waals surface area contributed by atoms with Gasteiger partial charge in [0.1, 0.15) is 74.1 Å². The first-order chi connectivity index (χ1) is 46.0. The molecule has 0 aliphatic carbocycles. The van der Waals surface area contributed by atoms with Crippen LogP contribution in [0.2, 0.25) is 0 Å². The van der Waals surface area contributed by atoms with Crippen molar-refractivity contribution in [3.8, 4) is 68.7 Å². The van der Waals surface area contributed by atoms with Gasteiger partial charge in [-0.2, -0.15) is 15.6 Å². The fourth-order valence-electron chi connectivity index (χ4n) is 9.67. The number of nitrogens with one attached hydrogen (secondary N) is 3. The largest absolute Gasteiger partial charge is 0.489 e. The van der Waals surface area contributed by atoms with Crippen LogP contribution >= 0.6 is 0 Å². The Morgan fingerprint density at radius 1 is 0.269 bits per heavy atom. The molecule has 15 rings (SSSR count). The van der Waals surface area contributed by atoms with Gasteiger partial charge in [0, 0.05) is 27.3 Å². The van der Waals surface area contributed by atoms with Crippen LogP contribution in [0.15, 0.2) is 255 Å². The van der Waals surface area contributed by atoms with Gasteiger partial charge in [0.25, 0.3) is 0 Å². The summed E-state index contributed by atoms with van der Waals surface area (Å²) in [4.78, 5) is 13.9. The van der Waals surface area contributed by atoms with E-state index in [-0.39, 0.29) is 0 Å². The molecule has 0 unspecified atom stereocenters. The molecule has 0 spiro atoms. The summed E-state index contributed by atoms with van der Waals surface area (Å²) in [5.74, 6) is 6.15. The fraction of sp³-hybridized carbons (Fsp3) is 0.0833. The molecule has 15 aromatic rings. The molecule has 0 aliphatic rings. The van der Waals surface area contributed by atoms with Crippen LogP contribution in [0, 0.1) is 0 Å². The minimum absolute atomic E-state index is 0.409. The van der Waals surface area contributed by atoms with Crippen molar-refractivity contribution in [1.29, 1.82) is 0 Å². The standard InChI is InChI=1S/3C24H19N5O2/c1-3-7-22-18(5-1)11-12-19(25-22)16-30-20-13-9-17(10-14-20)15-31-23-8-4-2-6-21(23)24-26-28-29-27-24;1-2-7-23-18(5-1)8-11-20(25-23)16-31-22-6-3-4-17(14-22)15-30-21-12-9-19(10-13-21)24-26-28-29-27-24;1-2-7-23-18(4-1)10-11-20(25-23)16-31-21-12-8-17(9-13-21)15-30-22-6-3-5-19(14-22)24-26-28-29-27-24/h3*1-14H,15-16H2,(H,26,27,28,29). The highest BCUT2D eigenvalue weighted by Gasteiger charge is 2.12. The lowest BCUT2D eigenvalue weighted by Crippen LogP contribution is -2.00. The van der Waals surface area contributed by atoms with Gasteiger partial charge in [-0.3, -0.25) is 0 Å². The Balaban J connectivity index is 0.000000127. The van der Waals surface area contributed by atoms with E-state index in [1.807, 2.05) is 224 Å². The number of fused-ring (bicyclic) bond motifs is 3. The zero-order valence-corrected chi connectivity index (χ0v) is 49.8. The quantitative estimate of drug-likeness (QED) is 0.0604. The van der Waals surface area contributed by atoms with Crippen molar-refractivity contribution < 1.29 is 28.4 Å². The molecule has 0 radical (unpaired) electrons. The minimum atomic E-state index is 0.409. The third-order valence-corrected chi connectivity index (χ3v) is 14.4. The summed E-state index contributed by atoms with van der Waals surface area (Å²) in [5.41, 5.74) is 11.2. The van der Waals surface area contributed by atoms with Crippen molar-refractivity contribution in [3.05, 3.63) is 289 Å². The molecule has 3 N–H and O–H groups in total. The van der Waals surface area contributed by atoms with E-state index < -0.39 is 0 Å². The van der Waals surface area contributed by atoms with E-state index in [4.69, 9.17) is 28.4 Å². The molecule has 21 heteroatoms. The van der Waals surface area contributed by atoms with Crippen LogP contribution in [0.3, 0.4) is 0 Å². The van der Waals surface area contributed by atoms with Crippen molar-refractivity contribution in [2.45, 2.75) is 39.6 Å². The molecule has 93 heavy (non-hydrogen) atoms. The Kier molecular flexibility index (Phi) is 18.8. The summed E-state index contributed by atoms with van der Waals surface area (Å²) in [7, 11) is 0. The van der Waals surface area contributed by atoms with Gasteiger partial charge in [-0.15, -0.1) is 30.6 Å². The van der Waals surface area contributed by atoms with Crippen LogP contribution < -0.4 is 28.4 Å². The first-order valence-electron chi connectivity index (χ1n) is 29.6. The molecule has 6 aromatic heterocycles. The number of H-pyrrole nitrogens is 3. The first-order valence-corrected chi connectivity index (χ1v) is 29.6. The lowest BCUT2D eigenvalue weighted by molar-refractivity contribution is 0.293. The lowest BCUT2D eigenvalue weighted by atomic mass is 10.2. The second-order valence-electron chi connectivity index (χ2n) is 20.9. The minimum Gasteiger partial charge on any atom is -0.489 e. The number of pyridine rings is 3. The van der Waals surface area contributed by atoms with Crippen molar-refractivity contribution in [1.82, 2.24) is 76.8 Å². The molecule has 0 fully saturated rings. The topological polar surface area (TPSA) is 257 Å². The van der Waals surface area contributed by atoms with Crippen molar-refractivity contribution in [2.75, 3.05) is 0 Å². The van der Waals surface area contributed by atoms with Gasteiger partial charge < -0.3 is 28.4 Å². The molecule has 0 atom stereocenters. The third kappa shape index (κ3) is 16.1. The van der Waals surface area contributed by atoms with Crippen molar-refractivity contribution >= 4 is 32.7 Å². The Morgan fingerprint density at radius 2 is 0.677 bits per heavy atom. The summed E-state index contributed by atoms with van der Waals surface area (Å²) in [6.07, 6.45) is 0. The van der Waals surface area contributed by atoms with E-state index in [1.54, 1.807) is 0 Å². The number of ether oxygens (including phenoxy) is 6. The van der Waals surface area contributed by atoms with E-state index in [0.717, 1.165) is 112 Å². The molecule has 0 saturated carbocycles. The van der Waals surface area contributed by atoms with Crippen molar-refractivity contribution in [3.63, 3.8) is 0 Å². The molecule has 6 heterocycles. The average Bonchev–Trinajstić information content (AvgIpc) is 2.96. The molecule has 456 valence electrons. The highest BCUT2D eigenvalue weighted by atomic mass is 16.5. The second-order valence-corrected chi connectivity index (χ2v) is 20.9. The van der Waals surface area contributed by atoms with E-state index in [0.29, 0.717) is 62.9 Å². The number of rotatable bonds is 21. The monoisotopic (exact) mass is 1230 g/mol. The van der Waals surface area contributed by atoms with Gasteiger partial charge in [-0.05, 0) is 154 Å². The SMILES string of the molecule is c1cc(COc2ccc(-c3nn[nH]n3)cc2)cc(OCc2ccc3ccccc3n2)c1.c1cc(OCc2ccc(OCc3ccc4ccccc4n3)cc2)cc(-c2nn[nH]n2)c1.c1ccc(-c2nn[nH]n2)c(OCc2ccc(OCc3ccc4ccccc4n3)cc2)c1. The smallest absolute Gasteiger partial charge is 0.208 e. The Bertz CT molecular complexity index is 4830. The predicted molar refractivity (Wildman–Crippen MR) is 349 cm³/mol. The number of para-hydroxylation sites is 4. The molecule has 0 bridgehead atoms. The number of nitrogens with zero attached hydrogens (tertiary/aromatic N) is 12. The molecule has 21 nitrogen and oxygen atoms in total. The molecular weight excluding hydrogens is 1170 g/mol. The summed E-state index contributed by atoms with van der Waals surface area (Å²) in [6.45, 7) is 2.55. The Morgan fingerprint density at radius 3 is 1.20 bits per heavy atom. The molecule has 0 saturated heterocycles. The van der Waals surface area contributed by atoms with Gasteiger partial charge in [0.15, 0.2) is 0 Å². The number of aromatic nitrogens is 15. The predicted octanol–water partition coefficient (Wildman–Crippen LogP) is 13.7. The van der Waals surface area contributed by atoms with Gasteiger partial charge in [0.05, 0.1) is 39.2 Å². The normalized spacial score (nSPS) is 10.8. The van der Waals surface area contributed by atoms with Gasteiger partial charge >= 0.3 is 0 Å². The maximum atomic E-state index is 5.98. The summed E-state index contributed by atoms with van der Waals surface area (Å²) in [5, 5.41) is 45.5. The van der Waals surface area contributed by atoms with E-state index in [1.165, 1.54) is 0 Å². The number of hydrogen-bond donors (Lipinski definition) is 3. The Labute approximate surface area is 532 Å². The van der Waals surface area contributed by atoms with Crippen LogP contribution in [0.4, 0.5) is 0 Å². The lowest BCUT2D eigenvalue weighted by Gasteiger charge is -2.10. The highest BCUT2D eigenvalue weighted by molar-refractivity contribution is 5.80. The zero-order valence-electron chi connectivity index (χ0n) is 49.8. The van der Waals surface area contributed by atoms with Crippen molar-refractivity contribution in [2.24, 2.45) is 0 Å². The van der Waals surface area contributed by atoms with Gasteiger partial charge in [-0.25, -0.2) is 15.0 Å². The summed E-state index contributed by atoms with van der Waals surface area (Å²) < 4.78 is 35.5. The van der Waals surface area contributed by atoms with Crippen LogP contribution in [0.5, 0.6) is 34.5 Å². The number of tetrazole rings is 3. The van der Waals surface area contributed by atoms with Crippen LogP contribution in [0.25, 0.3) is 66.9 Å². The highest BCUT2D eigenvalue weighted by Crippen LogP contribution is 2.29. The summed E-state index contributed by atoms with van der Waals surface area (Å²) >= 11 is 0. The fourth-order valence-corrected chi connectivity index (χ4v) is 9.67. The van der Waals surface area contributed by atoms with Gasteiger partial charge in [-0.1, -0.05) is 133 Å². The second kappa shape index (κ2) is 29.5. The van der Waals surface area contributed by atoms with Crippen LogP contribution in [-0.4, -0.2) is 76.8 Å². The molecule has 0 amide bonds. The summed E-state index contributed by atoms with van der Waals surface area (Å²) in [6, 6.07) is 82.7. The number of aromatic amines is 3. The van der Waals surface area contributed by atoms with Gasteiger partial charge in [0.2, 0.25) is 17.5 Å². The van der Waals surface area contributed by atoms with E-state index >= 15 is 0 Å². The average molecular weight is 1230 g/mol. The molecular formula is C72H57N15O6. The number of hydrogen-bond acceptors (Lipinski definition) is 18. The third-order valence-electron chi connectivity index (χ3n) is 14.4.